The number of hydrogen-bond donors (Lipinski definition) is 2. The third-order valence-electron chi connectivity index (χ3n) is 4.44. The van der Waals surface area contributed by atoms with Gasteiger partial charge in [-0.25, -0.2) is 0 Å². The Kier molecular flexibility index (Phi) is 4.89. The van der Waals surface area contributed by atoms with Crippen LogP contribution < -0.4 is 10.9 Å². The molecule has 0 aromatic carbocycles. The van der Waals surface area contributed by atoms with Gasteiger partial charge in [-0.15, -0.1) is 11.3 Å². The third kappa shape index (κ3) is 3.61. The first-order valence-electron chi connectivity index (χ1n) is 8.43. The van der Waals surface area contributed by atoms with E-state index in [9.17, 15) is 14.4 Å². The molecule has 7 heteroatoms. The molecular weight excluding hydrogens is 326 g/mol. The minimum Gasteiger partial charge on any atom is -0.342 e. The van der Waals surface area contributed by atoms with Gasteiger partial charge in [-0.2, -0.15) is 0 Å². The molecule has 2 N–H and O–H groups in total. The first-order chi connectivity index (χ1) is 11.4. The van der Waals surface area contributed by atoms with E-state index >= 15 is 0 Å². The topological polar surface area (TPSA) is 78.5 Å². The van der Waals surface area contributed by atoms with Crippen LogP contribution in [0.2, 0.25) is 0 Å². The predicted molar refractivity (Wildman–Crippen MR) is 91.5 cm³/mol. The van der Waals surface area contributed by atoms with Gasteiger partial charge in [0, 0.05) is 24.4 Å². The molecule has 0 spiro atoms. The molecule has 3 amide bonds. The maximum absolute atomic E-state index is 12.2. The van der Waals surface area contributed by atoms with Crippen molar-refractivity contribution in [3.8, 4) is 0 Å². The highest BCUT2D eigenvalue weighted by Gasteiger charge is 2.34. The largest absolute Gasteiger partial charge is 0.342 e. The zero-order chi connectivity index (χ0) is 17.3. The van der Waals surface area contributed by atoms with Crippen molar-refractivity contribution in [3.05, 3.63) is 21.4 Å². The molecule has 1 aliphatic heterocycles. The Balaban J connectivity index is 1.50. The van der Waals surface area contributed by atoms with Crippen molar-refractivity contribution < 1.29 is 14.4 Å². The fraction of sp³-hybridized carbons (Fsp3) is 0.588. The molecule has 0 bridgehead atoms. The summed E-state index contributed by atoms with van der Waals surface area (Å²) >= 11 is 1.50. The molecule has 1 saturated heterocycles. The molecule has 1 aromatic rings. The lowest BCUT2D eigenvalue weighted by Crippen LogP contribution is -2.45. The molecule has 0 radical (unpaired) electrons. The van der Waals surface area contributed by atoms with E-state index in [0.717, 1.165) is 19.3 Å². The van der Waals surface area contributed by atoms with Crippen LogP contribution in [0.5, 0.6) is 0 Å². The maximum atomic E-state index is 12.2. The van der Waals surface area contributed by atoms with E-state index in [-0.39, 0.29) is 24.1 Å². The molecule has 6 nitrogen and oxygen atoms in total. The van der Waals surface area contributed by atoms with Crippen molar-refractivity contribution in [2.75, 3.05) is 13.1 Å². The minimum absolute atomic E-state index is 0.00450. The first kappa shape index (κ1) is 17.0. The number of thiophene rings is 1. The highest BCUT2D eigenvalue weighted by molar-refractivity contribution is 7.14. The molecule has 0 saturated carbocycles. The van der Waals surface area contributed by atoms with Crippen molar-refractivity contribution in [3.63, 3.8) is 0 Å². The van der Waals surface area contributed by atoms with Gasteiger partial charge in [0.1, 0.15) is 0 Å². The van der Waals surface area contributed by atoms with E-state index in [1.54, 1.807) is 4.90 Å². The average molecular weight is 349 g/mol. The van der Waals surface area contributed by atoms with Crippen LogP contribution >= 0.6 is 11.3 Å². The maximum Gasteiger partial charge on any atom is 0.279 e. The summed E-state index contributed by atoms with van der Waals surface area (Å²) in [6, 6.07) is 1.91. The normalized spacial score (nSPS) is 19.7. The molecule has 2 heterocycles. The quantitative estimate of drug-likeness (QED) is 0.809. The molecule has 1 fully saturated rings. The lowest BCUT2D eigenvalue weighted by atomic mass is 10.1. The van der Waals surface area contributed by atoms with Gasteiger partial charge in [-0.1, -0.05) is 13.8 Å². The fourth-order valence-electron chi connectivity index (χ4n) is 3.29. The van der Waals surface area contributed by atoms with Crippen LogP contribution in [0.25, 0.3) is 0 Å². The highest BCUT2D eigenvalue weighted by atomic mass is 32.1. The molecular formula is C17H23N3O3S. The number of aryl methyl sites for hydroxylation is 2. The Morgan fingerprint density at radius 1 is 1.33 bits per heavy atom. The number of fused-ring (bicyclic) bond motifs is 1. The van der Waals surface area contributed by atoms with Gasteiger partial charge in [-0.3, -0.25) is 25.2 Å². The predicted octanol–water partition coefficient (Wildman–Crippen LogP) is 1.50. The van der Waals surface area contributed by atoms with Crippen molar-refractivity contribution in [1.82, 2.24) is 15.8 Å². The summed E-state index contributed by atoms with van der Waals surface area (Å²) in [6.07, 6.45) is 3.43. The molecule has 1 aromatic heterocycles. The number of rotatable bonds is 4. The Labute approximate surface area is 145 Å². The monoisotopic (exact) mass is 349 g/mol. The summed E-state index contributed by atoms with van der Waals surface area (Å²) in [5.74, 6) is -0.607. The molecule has 3 rings (SSSR count). The van der Waals surface area contributed by atoms with Gasteiger partial charge in [0.25, 0.3) is 5.91 Å². The number of likely N-dealkylation sites (tertiary alicyclic amines) is 1. The third-order valence-corrected chi connectivity index (χ3v) is 5.68. The molecule has 1 unspecified atom stereocenters. The van der Waals surface area contributed by atoms with Crippen LogP contribution in [-0.4, -0.2) is 35.7 Å². The summed E-state index contributed by atoms with van der Waals surface area (Å²) < 4.78 is 0. The number of hydrazine groups is 1. The van der Waals surface area contributed by atoms with Crippen molar-refractivity contribution >= 4 is 29.1 Å². The van der Waals surface area contributed by atoms with Gasteiger partial charge >= 0.3 is 0 Å². The van der Waals surface area contributed by atoms with E-state index < -0.39 is 5.92 Å². The number of hydrogen-bond acceptors (Lipinski definition) is 4. The molecule has 1 atom stereocenters. The van der Waals surface area contributed by atoms with Crippen LogP contribution in [0.1, 0.15) is 46.8 Å². The van der Waals surface area contributed by atoms with Gasteiger partial charge in [-0.05, 0) is 36.8 Å². The smallest absolute Gasteiger partial charge is 0.279 e. The second-order valence-electron chi connectivity index (χ2n) is 6.95. The highest BCUT2D eigenvalue weighted by Crippen LogP contribution is 2.30. The van der Waals surface area contributed by atoms with Crippen LogP contribution in [0.15, 0.2) is 6.07 Å². The Hall–Kier alpha value is -1.89. The summed E-state index contributed by atoms with van der Waals surface area (Å²) in [4.78, 5) is 39.9. The van der Waals surface area contributed by atoms with Crippen molar-refractivity contribution in [2.45, 2.75) is 39.5 Å². The second-order valence-corrected chi connectivity index (χ2v) is 8.09. The van der Waals surface area contributed by atoms with Crippen molar-refractivity contribution in [1.29, 1.82) is 0 Å². The number of carbonyl (C=O) groups excluding carboxylic acids is 3. The van der Waals surface area contributed by atoms with Crippen LogP contribution in [0.3, 0.4) is 0 Å². The van der Waals surface area contributed by atoms with Crippen LogP contribution in [-0.2, 0) is 22.4 Å². The van der Waals surface area contributed by atoms with Crippen LogP contribution in [0.4, 0.5) is 0 Å². The SMILES string of the molecule is CC(C)CN1CC(C(=O)NNC(=O)c2cc3c(s2)CCC3)CC1=O. The number of nitrogens with zero attached hydrogens (tertiary/aromatic N) is 1. The first-order valence-corrected chi connectivity index (χ1v) is 9.25. The Bertz CT molecular complexity index is 647. The van der Waals surface area contributed by atoms with E-state index in [0.29, 0.717) is 23.9 Å². The van der Waals surface area contributed by atoms with Crippen LogP contribution in [0, 0.1) is 11.8 Å². The summed E-state index contributed by atoms with van der Waals surface area (Å²) in [7, 11) is 0. The fourth-order valence-corrected chi connectivity index (χ4v) is 4.44. The van der Waals surface area contributed by atoms with Gasteiger partial charge in [0.15, 0.2) is 0 Å². The zero-order valence-electron chi connectivity index (χ0n) is 14.1. The zero-order valence-corrected chi connectivity index (χ0v) is 14.9. The lowest BCUT2D eigenvalue weighted by Gasteiger charge is -2.18. The Morgan fingerprint density at radius 3 is 2.83 bits per heavy atom. The number of nitrogens with one attached hydrogen (secondary N) is 2. The second kappa shape index (κ2) is 6.93. The van der Waals surface area contributed by atoms with Gasteiger partial charge in [0.05, 0.1) is 10.8 Å². The lowest BCUT2D eigenvalue weighted by molar-refractivity contribution is -0.129. The van der Waals surface area contributed by atoms with Crippen molar-refractivity contribution in [2.24, 2.45) is 11.8 Å². The molecule has 130 valence electrons. The summed E-state index contributed by atoms with van der Waals surface area (Å²) in [5, 5.41) is 0. The summed E-state index contributed by atoms with van der Waals surface area (Å²) in [6.45, 7) is 5.17. The number of carbonyl (C=O) groups is 3. The summed E-state index contributed by atoms with van der Waals surface area (Å²) in [5.41, 5.74) is 6.20. The van der Waals surface area contributed by atoms with Gasteiger partial charge < -0.3 is 4.90 Å². The molecule has 2 aliphatic rings. The van der Waals surface area contributed by atoms with E-state index in [4.69, 9.17) is 0 Å². The number of amides is 3. The Morgan fingerprint density at radius 2 is 2.12 bits per heavy atom. The standard InChI is InChI=1S/C17H23N3O3S/c1-10(2)8-20-9-12(7-15(20)21)16(22)18-19-17(23)14-6-11-4-3-5-13(11)24-14/h6,10,12H,3-5,7-9H2,1-2H3,(H,18,22)(H,19,23). The van der Waals surface area contributed by atoms with Gasteiger partial charge in [0.2, 0.25) is 11.8 Å². The van der Waals surface area contributed by atoms with E-state index in [1.165, 1.54) is 21.8 Å². The molecule has 1 aliphatic carbocycles. The average Bonchev–Trinajstić information content (AvgIpc) is 3.19. The van der Waals surface area contributed by atoms with E-state index in [2.05, 4.69) is 10.9 Å². The van der Waals surface area contributed by atoms with E-state index in [1.807, 2.05) is 19.9 Å². The molecule has 24 heavy (non-hydrogen) atoms. The minimum atomic E-state index is -0.398.